The van der Waals surface area contributed by atoms with Crippen LogP contribution >= 0.6 is 15.2 Å². The highest BCUT2D eigenvalue weighted by Gasteiger charge is 2.59. The molecule has 0 amide bonds. The Balaban J connectivity index is 1.64. The summed E-state index contributed by atoms with van der Waals surface area (Å²) in [5, 5.41) is 62.4. The number of methoxy groups -OCH3 is 1. The smallest absolute Gasteiger partial charge is 0.369 e. The van der Waals surface area contributed by atoms with Crippen LogP contribution in [-0.2, 0) is 25.0 Å². The van der Waals surface area contributed by atoms with Crippen LogP contribution in [0.25, 0.3) is 0 Å². The maximum absolute atomic E-state index is 13.9. The van der Waals surface area contributed by atoms with Crippen molar-refractivity contribution in [3.05, 3.63) is 51.6 Å². The van der Waals surface area contributed by atoms with Gasteiger partial charge in [-0.05, 0) is 13.0 Å². The number of hydrogen-bond acceptors (Lipinski definition) is 15. The Kier molecular flexibility index (Phi) is 10.5. The van der Waals surface area contributed by atoms with Crippen molar-refractivity contribution in [1.82, 2.24) is 0 Å². The Labute approximate surface area is 289 Å². The van der Waals surface area contributed by atoms with Crippen molar-refractivity contribution in [2.24, 2.45) is 10.7 Å². The molecule has 0 radical (unpaired) electrons. The van der Waals surface area contributed by atoms with Gasteiger partial charge in [-0.15, -0.1) is 0 Å². The summed E-state index contributed by atoms with van der Waals surface area (Å²) in [6, 6.07) is 3.31. The first kappa shape index (κ1) is 39.1. The Morgan fingerprint density at radius 2 is 1.71 bits per heavy atom. The van der Waals surface area contributed by atoms with E-state index in [9.17, 15) is 68.9 Å². The van der Waals surface area contributed by atoms with Crippen molar-refractivity contribution in [1.29, 1.82) is 0 Å². The number of rotatable bonds is 10. The molecule has 0 saturated carbocycles. The van der Waals surface area contributed by atoms with Crippen molar-refractivity contribution in [3.8, 4) is 17.2 Å². The second kappa shape index (κ2) is 13.7. The average molecular weight is 761 g/mol. The molecule has 1 aliphatic heterocycles. The van der Waals surface area contributed by atoms with Gasteiger partial charge in [0.1, 0.15) is 22.8 Å². The molecule has 5 rings (SSSR count). The van der Waals surface area contributed by atoms with E-state index in [-0.39, 0.29) is 34.4 Å². The third-order valence-electron chi connectivity index (χ3n) is 9.51. The van der Waals surface area contributed by atoms with E-state index in [1.54, 1.807) is 0 Å². The number of phenolic OH excluding ortho intramolecular Hbond substituents is 2. The highest BCUT2D eigenvalue weighted by atomic mass is 31.2. The van der Waals surface area contributed by atoms with Crippen LogP contribution < -0.4 is 10.5 Å². The minimum atomic E-state index is -5.87. The van der Waals surface area contributed by atoms with Crippen molar-refractivity contribution < 1.29 is 83.1 Å². The van der Waals surface area contributed by atoms with Crippen molar-refractivity contribution >= 4 is 32.5 Å². The van der Waals surface area contributed by atoms with Crippen LogP contribution in [0.15, 0.2) is 23.2 Å². The van der Waals surface area contributed by atoms with Crippen molar-refractivity contribution in [3.63, 3.8) is 0 Å². The highest BCUT2D eigenvalue weighted by molar-refractivity contribution is 7.72. The van der Waals surface area contributed by atoms with Gasteiger partial charge in [0.25, 0.3) is 5.08 Å². The Morgan fingerprint density at radius 1 is 1.08 bits per heavy atom. The molecule has 280 valence electrons. The van der Waals surface area contributed by atoms with Gasteiger partial charge in [-0.1, -0.05) is 12.1 Å². The summed E-state index contributed by atoms with van der Waals surface area (Å²) in [6.07, 6.45) is -7.48. The van der Waals surface area contributed by atoms with Crippen LogP contribution in [0, 0.1) is 0 Å². The predicted molar refractivity (Wildman–Crippen MR) is 173 cm³/mol. The average Bonchev–Trinajstić information content (AvgIpc) is 3.04. The highest BCUT2D eigenvalue weighted by Crippen LogP contribution is 2.69. The Hall–Kier alpha value is -3.13. The molecule has 0 bridgehead atoms. The van der Waals surface area contributed by atoms with Crippen molar-refractivity contribution in [2.75, 3.05) is 20.3 Å². The number of phenols is 2. The molecule has 51 heavy (non-hydrogen) atoms. The first-order chi connectivity index (χ1) is 23.6. The molecule has 2 aromatic rings. The summed E-state index contributed by atoms with van der Waals surface area (Å²) in [6.45, 7) is -0.529. The number of carbonyl (C=O) groups excluding carboxylic acids is 2. The quantitative estimate of drug-likeness (QED) is 0.0689. The molecule has 0 spiro atoms. The molecule has 6 atom stereocenters. The predicted octanol–water partition coefficient (Wildman–Crippen LogP) is -0.735. The Morgan fingerprint density at radius 3 is 2.27 bits per heavy atom. The zero-order chi connectivity index (χ0) is 38.0. The number of ketones is 2. The fourth-order valence-electron chi connectivity index (χ4n) is 6.76. The van der Waals surface area contributed by atoms with E-state index in [2.05, 4.69) is 4.99 Å². The lowest BCUT2D eigenvalue weighted by atomic mass is 9.71. The minimum absolute atomic E-state index is 0.0145. The number of ether oxygens (including phenoxy) is 3. The van der Waals surface area contributed by atoms with Crippen LogP contribution in [0.1, 0.15) is 75.3 Å². The molecule has 3 aliphatic rings. The van der Waals surface area contributed by atoms with Crippen LogP contribution in [0.4, 0.5) is 0 Å². The number of benzene rings is 2. The SMILES string of the molecule is COc1cccc2c1C(=O)c1c(O)c3c(c(O)c1C2=O)C[C@@](O)(C(CO)=NCCC(O)(P(=O)(O)O)P(=O)(O)O)C[C@@H]3O[C@H]1C[C@H](N)[C@H](O)[C@H](C)O1. The summed E-state index contributed by atoms with van der Waals surface area (Å²) in [4.78, 5) is 69.5. The number of aliphatic hydroxyl groups excluding tert-OH is 2. The number of aliphatic hydroxyl groups is 4. The summed E-state index contributed by atoms with van der Waals surface area (Å²) < 4.78 is 40.8. The molecule has 0 unspecified atom stereocenters. The fourth-order valence-corrected chi connectivity index (χ4v) is 8.90. The van der Waals surface area contributed by atoms with Crippen LogP contribution in [0.5, 0.6) is 17.2 Å². The van der Waals surface area contributed by atoms with E-state index in [0.29, 0.717) is 0 Å². The lowest BCUT2D eigenvalue weighted by molar-refractivity contribution is -0.245. The molecule has 2 aliphatic carbocycles. The number of fused-ring (bicyclic) bond motifs is 3. The number of aromatic hydroxyl groups is 2. The zero-order valence-corrected chi connectivity index (χ0v) is 28.9. The van der Waals surface area contributed by atoms with E-state index < -0.39 is 129 Å². The molecule has 19 nitrogen and oxygen atoms in total. The number of nitrogens with two attached hydrogens (primary N) is 1. The third kappa shape index (κ3) is 6.57. The van der Waals surface area contributed by atoms with Gasteiger partial charge >= 0.3 is 15.2 Å². The lowest BCUT2D eigenvalue weighted by Crippen LogP contribution is -2.53. The molecule has 0 aromatic heterocycles. The van der Waals surface area contributed by atoms with Crippen LogP contribution in [-0.4, -0.2) is 123 Å². The molecule has 1 saturated heterocycles. The lowest BCUT2D eigenvalue weighted by Gasteiger charge is -2.43. The maximum atomic E-state index is 13.9. The van der Waals surface area contributed by atoms with Gasteiger partial charge in [0.2, 0.25) is 5.78 Å². The van der Waals surface area contributed by atoms with Gasteiger partial charge in [-0.2, -0.15) is 0 Å². The largest absolute Gasteiger partial charge is 0.507 e. The van der Waals surface area contributed by atoms with E-state index in [1.165, 1.54) is 32.2 Å². The van der Waals surface area contributed by atoms with Crippen LogP contribution in [0.2, 0.25) is 0 Å². The zero-order valence-electron chi connectivity index (χ0n) is 27.1. The molecular weight excluding hydrogens is 722 g/mol. The molecular formula is C30H38N2O17P2. The Bertz CT molecular complexity index is 1860. The maximum Gasteiger partial charge on any atom is 0.369 e. The van der Waals surface area contributed by atoms with Gasteiger partial charge in [0, 0.05) is 55.0 Å². The van der Waals surface area contributed by atoms with E-state index in [0.717, 1.165) is 0 Å². The van der Waals surface area contributed by atoms with E-state index >= 15 is 0 Å². The first-order valence-corrected chi connectivity index (χ1v) is 18.7. The second-order valence-electron chi connectivity index (χ2n) is 12.7. The van der Waals surface area contributed by atoms with Crippen molar-refractivity contribution in [2.45, 2.75) is 73.9 Å². The minimum Gasteiger partial charge on any atom is -0.507 e. The summed E-state index contributed by atoms with van der Waals surface area (Å²) in [5.41, 5.74) is 1.01. The number of hydrogen-bond donors (Lipinski definition) is 11. The topological polar surface area (TPSA) is 337 Å². The third-order valence-corrected chi connectivity index (χ3v) is 13.4. The molecule has 1 heterocycles. The van der Waals surface area contributed by atoms with E-state index in [4.69, 9.17) is 19.9 Å². The number of nitrogens with zero attached hydrogens (tertiary/aromatic N) is 1. The molecule has 21 heteroatoms. The summed E-state index contributed by atoms with van der Waals surface area (Å²) in [7, 11) is -10.5. The molecule has 12 N–H and O–H groups in total. The molecule has 1 fully saturated rings. The van der Waals surface area contributed by atoms with Gasteiger partial charge in [-0.25, -0.2) is 0 Å². The summed E-state index contributed by atoms with van der Waals surface area (Å²) >= 11 is 0. The first-order valence-electron chi connectivity index (χ1n) is 15.4. The summed E-state index contributed by atoms with van der Waals surface area (Å²) in [5.74, 6) is -3.36. The number of carbonyl (C=O) groups is 2. The van der Waals surface area contributed by atoms with Gasteiger partial charge < -0.3 is 70.2 Å². The van der Waals surface area contributed by atoms with E-state index in [1.807, 2.05) is 0 Å². The molecule has 2 aromatic carbocycles. The standard InChI is InChI=1S/C30H38N2O17P2/c1-12-24(34)15(31)8-19(48-12)49-17-10-29(39,18(11-33)32-7-6-30(40,50(41,42)43)51(44,45)46)9-14-21(17)28(38)23-22(26(14)36)25(35)13-4-3-5-16(47-2)20(13)27(23)37/h3-5,12,15,17,19,24,33-34,36,38-40H,6-11,31H2,1-2H3,(H2,41,42,43)(H2,44,45,46)/t12-,15-,17-,19-,24+,29-/m0/s1. The monoisotopic (exact) mass is 760 g/mol. The van der Waals surface area contributed by atoms with Gasteiger partial charge in [-0.3, -0.25) is 23.7 Å². The normalized spacial score (nSPS) is 27.1. The fraction of sp³-hybridized carbons (Fsp3) is 0.500. The number of aliphatic imine (C=N–C) groups is 1. The van der Waals surface area contributed by atoms with Crippen LogP contribution in [0.3, 0.4) is 0 Å². The second-order valence-corrected chi connectivity index (χ2v) is 16.7. The van der Waals surface area contributed by atoms with Gasteiger partial charge in [0.15, 0.2) is 12.1 Å². The van der Waals surface area contributed by atoms with Gasteiger partial charge in [0.05, 0.1) is 54.4 Å².